The Hall–Kier alpha value is -0.910. The molecule has 1 rings (SSSR count). The lowest BCUT2D eigenvalue weighted by Gasteiger charge is -2.41. The van der Waals surface area contributed by atoms with Crippen LogP contribution >= 0.6 is 0 Å². The van der Waals surface area contributed by atoms with Crippen LogP contribution in [-0.2, 0) is 9.53 Å². The van der Waals surface area contributed by atoms with Gasteiger partial charge in [-0.2, -0.15) is 0 Å². The number of carbonyl (C=O) groups excluding carboxylic acids is 1. The zero-order valence-corrected chi connectivity index (χ0v) is 9.40. The first kappa shape index (κ1) is 13.2. The van der Waals surface area contributed by atoms with Crippen LogP contribution in [-0.4, -0.2) is 32.9 Å². The molecule has 0 amide bonds. The van der Waals surface area contributed by atoms with Gasteiger partial charge in [0.05, 0.1) is 0 Å². The fraction of sp³-hybridized carbons (Fsp3) is 0.727. The Labute approximate surface area is 94.4 Å². The lowest BCUT2D eigenvalue weighted by atomic mass is 9.82. The van der Waals surface area contributed by atoms with Crippen molar-refractivity contribution in [2.75, 3.05) is 0 Å². The standard InChI is InChI=1S/C11H18O5/c1-8(2)9(12)16-10(11(13,14)15)6-4-3-5-7-10/h13-15H,1,3-7H2,2H3. The van der Waals surface area contributed by atoms with E-state index in [0.717, 1.165) is 6.42 Å². The minimum absolute atomic E-state index is 0.161. The van der Waals surface area contributed by atoms with Crippen molar-refractivity contribution in [1.29, 1.82) is 0 Å². The normalized spacial score (nSPS) is 20.2. The van der Waals surface area contributed by atoms with E-state index in [1.54, 1.807) is 0 Å². The second-order valence-electron chi connectivity index (χ2n) is 4.36. The van der Waals surface area contributed by atoms with Gasteiger partial charge in [-0.05, 0) is 32.6 Å². The second kappa shape index (κ2) is 4.53. The number of aliphatic hydroxyl groups is 3. The van der Waals surface area contributed by atoms with Gasteiger partial charge in [0.2, 0.25) is 0 Å². The summed E-state index contributed by atoms with van der Waals surface area (Å²) in [5, 5.41) is 28.0. The Bertz CT molecular complexity index is 283. The molecule has 0 aromatic heterocycles. The third-order valence-corrected chi connectivity index (χ3v) is 2.91. The highest BCUT2D eigenvalue weighted by Crippen LogP contribution is 2.38. The van der Waals surface area contributed by atoms with Crippen LogP contribution in [0.3, 0.4) is 0 Å². The van der Waals surface area contributed by atoms with E-state index in [9.17, 15) is 20.1 Å². The second-order valence-corrected chi connectivity index (χ2v) is 4.36. The Morgan fingerprint density at radius 2 is 1.75 bits per heavy atom. The van der Waals surface area contributed by atoms with E-state index in [0.29, 0.717) is 12.8 Å². The topological polar surface area (TPSA) is 87.0 Å². The predicted molar refractivity (Wildman–Crippen MR) is 56.1 cm³/mol. The first-order valence-electron chi connectivity index (χ1n) is 5.34. The highest BCUT2D eigenvalue weighted by Gasteiger charge is 2.52. The summed E-state index contributed by atoms with van der Waals surface area (Å²) in [6, 6.07) is 0. The molecule has 16 heavy (non-hydrogen) atoms. The molecule has 0 saturated heterocycles. The number of ether oxygens (including phenoxy) is 1. The first-order chi connectivity index (χ1) is 7.28. The van der Waals surface area contributed by atoms with Crippen molar-refractivity contribution in [3.8, 4) is 0 Å². The fourth-order valence-corrected chi connectivity index (χ4v) is 1.89. The average Bonchev–Trinajstić information content (AvgIpc) is 2.17. The Kier molecular flexibility index (Phi) is 3.72. The summed E-state index contributed by atoms with van der Waals surface area (Å²) in [7, 11) is 0. The largest absolute Gasteiger partial charge is 0.447 e. The van der Waals surface area contributed by atoms with Gasteiger partial charge in [0.1, 0.15) is 0 Å². The predicted octanol–water partition coefficient (Wildman–Crippen LogP) is 0.439. The Balaban J connectivity index is 2.87. The van der Waals surface area contributed by atoms with Gasteiger partial charge >= 0.3 is 11.9 Å². The van der Waals surface area contributed by atoms with Gasteiger partial charge in [0, 0.05) is 5.57 Å². The minimum atomic E-state index is -3.00. The fourth-order valence-electron chi connectivity index (χ4n) is 1.89. The monoisotopic (exact) mass is 230 g/mol. The molecule has 0 bridgehead atoms. The lowest BCUT2D eigenvalue weighted by molar-refractivity contribution is -0.396. The van der Waals surface area contributed by atoms with E-state index in [1.807, 2.05) is 0 Å². The molecule has 1 aliphatic rings. The van der Waals surface area contributed by atoms with Crippen LogP contribution in [0, 0.1) is 0 Å². The highest BCUT2D eigenvalue weighted by molar-refractivity contribution is 5.87. The van der Waals surface area contributed by atoms with Gasteiger partial charge in [-0.25, -0.2) is 4.79 Å². The number of hydrogen-bond donors (Lipinski definition) is 3. The zero-order chi connectivity index (χ0) is 12.4. The van der Waals surface area contributed by atoms with Gasteiger partial charge in [-0.15, -0.1) is 0 Å². The summed E-state index contributed by atoms with van der Waals surface area (Å²) < 4.78 is 5.02. The molecule has 3 N–H and O–H groups in total. The maximum absolute atomic E-state index is 11.4. The molecule has 0 aliphatic heterocycles. The van der Waals surface area contributed by atoms with Crippen LogP contribution in [0.2, 0.25) is 0 Å². The van der Waals surface area contributed by atoms with Crippen molar-refractivity contribution in [2.24, 2.45) is 0 Å². The summed E-state index contributed by atoms with van der Waals surface area (Å²) in [5.41, 5.74) is -1.46. The van der Waals surface area contributed by atoms with Crippen molar-refractivity contribution < 1.29 is 24.9 Å². The zero-order valence-electron chi connectivity index (χ0n) is 9.40. The van der Waals surface area contributed by atoms with E-state index in [2.05, 4.69) is 6.58 Å². The van der Waals surface area contributed by atoms with Crippen molar-refractivity contribution in [1.82, 2.24) is 0 Å². The van der Waals surface area contributed by atoms with Crippen molar-refractivity contribution >= 4 is 5.97 Å². The smallest absolute Gasteiger partial charge is 0.333 e. The maximum atomic E-state index is 11.4. The van der Waals surface area contributed by atoms with E-state index in [1.165, 1.54) is 6.92 Å². The molecular formula is C11H18O5. The summed E-state index contributed by atoms with van der Waals surface area (Å²) in [6.45, 7) is 4.88. The summed E-state index contributed by atoms with van der Waals surface area (Å²) >= 11 is 0. The van der Waals surface area contributed by atoms with Crippen LogP contribution < -0.4 is 0 Å². The summed E-state index contributed by atoms with van der Waals surface area (Å²) in [6.07, 6.45) is 2.73. The van der Waals surface area contributed by atoms with E-state index in [4.69, 9.17) is 4.74 Å². The molecule has 5 heteroatoms. The quantitative estimate of drug-likeness (QED) is 0.372. The summed E-state index contributed by atoms with van der Waals surface area (Å²) in [5.74, 6) is -3.72. The Morgan fingerprint density at radius 3 is 2.12 bits per heavy atom. The van der Waals surface area contributed by atoms with Crippen LogP contribution in [0.5, 0.6) is 0 Å². The van der Waals surface area contributed by atoms with Crippen LogP contribution in [0.15, 0.2) is 12.2 Å². The van der Waals surface area contributed by atoms with Crippen LogP contribution in [0.4, 0.5) is 0 Å². The molecule has 92 valence electrons. The molecule has 0 unspecified atom stereocenters. The molecule has 0 radical (unpaired) electrons. The third kappa shape index (κ3) is 2.61. The molecule has 1 fully saturated rings. The van der Waals surface area contributed by atoms with Gasteiger partial charge in [-0.3, -0.25) is 0 Å². The van der Waals surface area contributed by atoms with E-state index >= 15 is 0 Å². The number of carbonyl (C=O) groups is 1. The van der Waals surface area contributed by atoms with E-state index < -0.39 is 17.5 Å². The van der Waals surface area contributed by atoms with E-state index in [-0.39, 0.29) is 18.4 Å². The number of esters is 1. The van der Waals surface area contributed by atoms with Crippen molar-refractivity contribution in [3.05, 3.63) is 12.2 Å². The number of hydrogen-bond acceptors (Lipinski definition) is 5. The van der Waals surface area contributed by atoms with Gasteiger partial charge in [0.25, 0.3) is 0 Å². The van der Waals surface area contributed by atoms with Crippen LogP contribution in [0.25, 0.3) is 0 Å². The highest BCUT2D eigenvalue weighted by atomic mass is 16.7. The molecule has 1 aliphatic carbocycles. The molecule has 1 saturated carbocycles. The first-order valence-corrected chi connectivity index (χ1v) is 5.34. The molecule has 0 aromatic rings. The lowest BCUT2D eigenvalue weighted by Crippen LogP contribution is -2.58. The van der Waals surface area contributed by atoms with Gasteiger partial charge < -0.3 is 20.1 Å². The summed E-state index contributed by atoms with van der Waals surface area (Å²) in [4.78, 5) is 11.4. The molecule has 0 heterocycles. The molecule has 0 aromatic carbocycles. The molecule has 0 atom stereocenters. The van der Waals surface area contributed by atoms with Crippen molar-refractivity contribution in [2.45, 2.75) is 50.6 Å². The maximum Gasteiger partial charge on any atom is 0.333 e. The SMILES string of the molecule is C=C(C)C(=O)OC1(C(O)(O)O)CCCCC1. The molecular weight excluding hydrogens is 212 g/mol. The van der Waals surface area contributed by atoms with Crippen LogP contribution in [0.1, 0.15) is 39.0 Å². The minimum Gasteiger partial charge on any atom is -0.447 e. The van der Waals surface area contributed by atoms with Crippen molar-refractivity contribution in [3.63, 3.8) is 0 Å². The average molecular weight is 230 g/mol. The third-order valence-electron chi connectivity index (χ3n) is 2.91. The Morgan fingerprint density at radius 1 is 1.25 bits per heavy atom. The van der Waals surface area contributed by atoms with Gasteiger partial charge in [-0.1, -0.05) is 13.0 Å². The molecule has 0 spiro atoms. The van der Waals surface area contributed by atoms with Gasteiger partial charge in [0.15, 0.2) is 5.60 Å². The number of rotatable bonds is 3. The molecule has 5 nitrogen and oxygen atoms in total.